The lowest BCUT2D eigenvalue weighted by Crippen LogP contribution is -2.30. The third-order valence-corrected chi connectivity index (χ3v) is 7.07. The Bertz CT molecular complexity index is 1140. The number of carbonyl (C=O) groups is 4. The molecule has 8 heteroatoms. The summed E-state index contributed by atoms with van der Waals surface area (Å²) in [5.41, 5.74) is 1.13. The van der Waals surface area contributed by atoms with Crippen molar-refractivity contribution in [3.63, 3.8) is 0 Å². The number of amides is 3. The zero-order valence-electron chi connectivity index (χ0n) is 19.6. The fourth-order valence-corrected chi connectivity index (χ4v) is 5.34. The van der Waals surface area contributed by atoms with Gasteiger partial charge >= 0.3 is 5.97 Å². The number of carbonyl (C=O) groups excluding carboxylic acids is 4. The van der Waals surface area contributed by atoms with E-state index in [1.54, 1.807) is 41.3 Å². The maximum absolute atomic E-state index is 12.8. The van der Waals surface area contributed by atoms with Crippen molar-refractivity contribution < 1.29 is 28.7 Å². The van der Waals surface area contributed by atoms with Crippen molar-refractivity contribution in [1.29, 1.82) is 0 Å². The summed E-state index contributed by atoms with van der Waals surface area (Å²) in [5.74, 6) is -1.09. The first-order chi connectivity index (χ1) is 17.0. The first-order valence-corrected chi connectivity index (χ1v) is 12.2. The van der Waals surface area contributed by atoms with Gasteiger partial charge in [-0.3, -0.25) is 24.1 Å². The van der Waals surface area contributed by atoms with Gasteiger partial charge in [0.1, 0.15) is 11.5 Å². The standard InChI is InChI=1S/C27H28N2O6/c1-2-34-23-10-6-5-9-22(23)28-16-17(15-24(28)30)27(33)35-19-13-11-18(12-14-19)29-25(31)20-7-3-4-8-21(20)26(29)32/h5-6,9-14,17,20-21H,2-4,7-8,15-16H2,1H3/t17-,20-,21+/m1/s1. The second-order valence-electron chi connectivity index (χ2n) is 9.23. The van der Waals surface area contributed by atoms with Gasteiger partial charge in [0.25, 0.3) is 0 Å². The van der Waals surface area contributed by atoms with E-state index < -0.39 is 11.9 Å². The third-order valence-electron chi connectivity index (χ3n) is 7.07. The molecule has 0 spiro atoms. The molecule has 0 aromatic heterocycles. The second kappa shape index (κ2) is 9.52. The molecule has 1 saturated carbocycles. The highest BCUT2D eigenvalue weighted by Gasteiger charge is 2.48. The van der Waals surface area contributed by atoms with Crippen LogP contribution in [0.15, 0.2) is 48.5 Å². The highest BCUT2D eigenvalue weighted by Crippen LogP contribution is 2.40. The van der Waals surface area contributed by atoms with Gasteiger partial charge in [-0.1, -0.05) is 25.0 Å². The first-order valence-electron chi connectivity index (χ1n) is 12.2. The van der Waals surface area contributed by atoms with Crippen molar-refractivity contribution in [2.45, 2.75) is 39.0 Å². The zero-order valence-corrected chi connectivity index (χ0v) is 19.6. The molecule has 3 atom stereocenters. The number of nitrogens with zero attached hydrogens (tertiary/aromatic N) is 2. The van der Waals surface area contributed by atoms with Crippen LogP contribution >= 0.6 is 0 Å². The fourth-order valence-electron chi connectivity index (χ4n) is 5.34. The van der Waals surface area contributed by atoms with Gasteiger partial charge in [0.2, 0.25) is 17.7 Å². The molecule has 2 saturated heterocycles. The second-order valence-corrected chi connectivity index (χ2v) is 9.23. The molecule has 8 nitrogen and oxygen atoms in total. The van der Waals surface area contributed by atoms with Crippen LogP contribution in [0.25, 0.3) is 0 Å². The number of fused-ring (bicyclic) bond motifs is 1. The highest BCUT2D eigenvalue weighted by atomic mass is 16.5. The van der Waals surface area contributed by atoms with Gasteiger partial charge in [-0.15, -0.1) is 0 Å². The Morgan fingerprint density at radius 2 is 1.60 bits per heavy atom. The Balaban J connectivity index is 1.24. The summed E-state index contributed by atoms with van der Waals surface area (Å²) in [5, 5.41) is 0. The lowest BCUT2D eigenvalue weighted by atomic mass is 9.81. The van der Waals surface area contributed by atoms with Crippen molar-refractivity contribution in [3.05, 3.63) is 48.5 Å². The minimum absolute atomic E-state index is 0.0525. The van der Waals surface area contributed by atoms with Gasteiger partial charge < -0.3 is 14.4 Å². The third kappa shape index (κ3) is 4.29. The molecule has 0 radical (unpaired) electrons. The van der Waals surface area contributed by atoms with E-state index in [4.69, 9.17) is 9.47 Å². The van der Waals surface area contributed by atoms with E-state index in [9.17, 15) is 19.2 Å². The van der Waals surface area contributed by atoms with Crippen LogP contribution in [0.4, 0.5) is 11.4 Å². The molecule has 0 unspecified atom stereocenters. The van der Waals surface area contributed by atoms with E-state index in [0.717, 1.165) is 25.7 Å². The van der Waals surface area contributed by atoms with E-state index in [1.807, 2.05) is 19.1 Å². The molecule has 35 heavy (non-hydrogen) atoms. The maximum Gasteiger partial charge on any atom is 0.316 e. The molecule has 3 fully saturated rings. The number of benzene rings is 2. The number of hydrogen-bond donors (Lipinski definition) is 0. The van der Waals surface area contributed by atoms with Crippen molar-refractivity contribution in [2.75, 3.05) is 23.0 Å². The molecule has 5 rings (SSSR count). The van der Waals surface area contributed by atoms with E-state index in [0.29, 0.717) is 29.5 Å². The molecule has 0 bridgehead atoms. The summed E-state index contributed by atoms with van der Waals surface area (Å²) in [7, 11) is 0. The van der Waals surface area contributed by atoms with E-state index in [1.165, 1.54) is 4.90 Å². The Morgan fingerprint density at radius 3 is 2.26 bits per heavy atom. The summed E-state index contributed by atoms with van der Waals surface area (Å²) in [6, 6.07) is 13.7. The van der Waals surface area contributed by atoms with Crippen LogP contribution in [0.5, 0.6) is 11.5 Å². The predicted octanol–water partition coefficient (Wildman–Crippen LogP) is 3.72. The normalized spacial score (nSPS) is 24.0. The van der Waals surface area contributed by atoms with Gasteiger partial charge in [0.05, 0.1) is 35.7 Å². The number of hydrogen-bond acceptors (Lipinski definition) is 6. The fraction of sp³-hybridized carbons (Fsp3) is 0.407. The molecular weight excluding hydrogens is 448 g/mol. The summed E-state index contributed by atoms with van der Waals surface area (Å²) in [6.07, 6.45) is 3.51. The number of anilines is 2. The first kappa shape index (κ1) is 23.1. The molecule has 2 aromatic rings. The number of rotatable bonds is 6. The number of imide groups is 1. The Hall–Kier alpha value is -3.68. The van der Waals surface area contributed by atoms with Gasteiger partial charge in [0, 0.05) is 13.0 Å². The average Bonchev–Trinajstić information content (AvgIpc) is 3.38. The van der Waals surface area contributed by atoms with Gasteiger partial charge in [-0.05, 0) is 56.2 Å². The van der Waals surface area contributed by atoms with Crippen LogP contribution in [-0.4, -0.2) is 36.8 Å². The molecule has 1 aliphatic carbocycles. The molecule has 2 aliphatic heterocycles. The van der Waals surface area contributed by atoms with Gasteiger partial charge in [-0.2, -0.15) is 0 Å². The Labute approximate surface area is 203 Å². The number of esters is 1. The topological polar surface area (TPSA) is 93.2 Å². The van der Waals surface area contributed by atoms with Gasteiger partial charge in [-0.25, -0.2) is 0 Å². The highest BCUT2D eigenvalue weighted by molar-refractivity contribution is 6.22. The van der Waals surface area contributed by atoms with Crippen molar-refractivity contribution in [1.82, 2.24) is 0 Å². The summed E-state index contributed by atoms with van der Waals surface area (Å²) >= 11 is 0. The average molecular weight is 477 g/mol. The summed E-state index contributed by atoms with van der Waals surface area (Å²) in [6.45, 7) is 2.55. The number of ether oxygens (including phenoxy) is 2. The van der Waals surface area contributed by atoms with Crippen LogP contribution in [0, 0.1) is 17.8 Å². The van der Waals surface area contributed by atoms with Crippen LogP contribution in [0.2, 0.25) is 0 Å². The van der Waals surface area contributed by atoms with E-state index in [2.05, 4.69) is 0 Å². The van der Waals surface area contributed by atoms with Crippen LogP contribution in [-0.2, 0) is 19.2 Å². The summed E-state index contributed by atoms with van der Waals surface area (Å²) in [4.78, 5) is 53.9. The SMILES string of the molecule is CCOc1ccccc1N1C[C@H](C(=O)Oc2ccc(N3C(=O)[C@H]4CCCC[C@H]4C3=O)cc2)CC1=O. The largest absolute Gasteiger partial charge is 0.492 e. The molecule has 3 amide bonds. The van der Waals surface area contributed by atoms with Crippen LogP contribution in [0.1, 0.15) is 39.0 Å². The Morgan fingerprint density at radius 1 is 0.943 bits per heavy atom. The van der Waals surface area contributed by atoms with Crippen LogP contribution in [0.3, 0.4) is 0 Å². The van der Waals surface area contributed by atoms with E-state index >= 15 is 0 Å². The molecule has 2 heterocycles. The minimum atomic E-state index is -0.610. The van der Waals surface area contributed by atoms with E-state index in [-0.39, 0.29) is 42.5 Å². The smallest absolute Gasteiger partial charge is 0.316 e. The van der Waals surface area contributed by atoms with Gasteiger partial charge in [0.15, 0.2) is 0 Å². The lowest BCUT2D eigenvalue weighted by molar-refractivity contribution is -0.139. The van der Waals surface area contributed by atoms with Crippen LogP contribution < -0.4 is 19.3 Å². The zero-order chi connectivity index (χ0) is 24.5. The quantitative estimate of drug-likeness (QED) is 0.358. The van der Waals surface area contributed by atoms with Crippen molar-refractivity contribution in [3.8, 4) is 11.5 Å². The lowest BCUT2D eigenvalue weighted by Gasteiger charge is -2.20. The summed E-state index contributed by atoms with van der Waals surface area (Å²) < 4.78 is 11.2. The monoisotopic (exact) mass is 476 g/mol. The molecular formula is C27H28N2O6. The molecule has 0 N–H and O–H groups in total. The number of para-hydroxylation sites is 2. The maximum atomic E-state index is 12.8. The predicted molar refractivity (Wildman–Crippen MR) is 128 cm³/mol. The molecule has 3 aliphatic rings. The molecule has 182 valence electrons. The molecule has 2 aromatic carbocycles. The van der Waals surface area contributed by atoms with Crippen molar-refractivity contribution >= 4 is 35.1 Å². The van der Waals surface area contributed by atoms with Crippen molar-refractivity contribution in [2.24, 2.45) is 17.8 Å². The Kier molecular flexibility index (Phi) is 6.28. The minimum Gasteiger partial charge on any atom is -0.492 e.